The standard InChI is InChI=1S/C15H14ClFN2O2/c1-2-21-14-6-3-9(7-12(14)18)15(20)19-13-8-10(16)4-5-11(13)17/h3-8H,2,18H2,1H3,(H,19,20). The molecule has 2 aromatic rings. The second-order valence-electron chi connectivity index (χ2n) is 4.26. The van der Waals surface area contributed by atoms with Gasteiger partial charge in [0.15, 0.2) is 0 Å². The third-order valence-electron chi connectivity index (χ3n) is 2.75. The fourth-order valence-electron chi connectivity index (χ4n) is 1.76. The number of nitrogens with two attached hydrogens (primary N) is 1. The van der Waals surface area contributed by atoms with Crippen LogP contribution in [0.2, 0.25) is 5.02 Å². The van der Waals surface area contributed by atoms with Gasteiger partial charge in [-0.15, -0.1) is 0 Å². The number of benzene rings is 2. The van der Waals surface area contributed by atoms with E-state index in [0.29, 0.717) is 28.6 Å². The lowest BCUT2D eigenvalue weighted by atomic mass is 10.1. The van der Waals surface area contributed by atoms with Crippen LogP contribution in [0.3, 0.4) is 0 Å². The minimum Gasteiger partial charge on any atom is -0.492 e. The summed E-state index contributed by atoms with van der Waals surface area (Å²) >= 11 is 5.77. The molecule has 2 aromatic carbocycles. The summed E-state index contributed by atoms with van der Waals surface area (Å²) in [4.78, 5) is 12.1. The summed E-state index contributed by atoms with van der Waals surface area (Å²) in [6.07, 6.45) is 0. The Hall–Kier alpha value is -2.27. The van der Waals surface area contributed by atoms with Gasteiger partial charge in [-0.1, -0.05) is 11.6 Å². The summed E-state index contributed by atoms with van der Waals surface area (Å²) in [5.41, 5.74) is 6.45. The van der Waals surface area contributed by atoms with Crippen LogP contribution >= 0.6 is 11.6 Å². The summed E-state index contributed by atoms with van der Waals surface area (Å²) in [5, 5.41) is 2.78. The first-order valence-electron chi connectivity index (χ1n) is 6.30. The minimum atomic E-state index is -0.563. The Morgan fingerprint density at radius 2 is 2.10 bits per heavy atom. The first-order chi connectivity index (χ1) is 10.0. The van der Waals surface area contributed by atoms with Crippen LogP contribution in [0.15, 0.2) is 36.4 Å². The minimum absolute atomic E-state index is 0.0138. The van der Waals surface area contributed by atoms with Crippen LogP contribution in [0.4, 0.5) is 15.8 Å². The lowest BCUT2D eigenvalue weighted by molar-refractivity contribution is 0.102. The van der Waals surface area contributed by atoms with Gasteiger partial charge in [-0.25, -0.2) is 4.39 Å². The van der Waals surface area contributed by atoms with E-state index in [2.05, 4.69) is 5.32 Å². The highest BCUT2D eigenvalue weighted by Gasteiger charge is 2.11. The van der Waals surface area contributed by atoms with E-state index in [-0.39, 0.29) is 5.69 Å². The van der Waals surface area contributed by atoms with Crippen LogP contribution < -0.4 is 15.8 Å². The number of carbonyl (C=O) groups excluding carboxylic acids is 1. The number of nitrogens with one attached hydrogen (secondary N) is 1. The van der Waals surface area contributed by atoms with Crippen molar-refractivity contribution in [2.75, 3.05) is 17.7 Å². The van der Waals surface area contributed by atoms with Crippen molar-refractivity contribution in [1.29, 1.82) is 0 Å². The van der Waals surface area contributed by atoms with Crippen LogP contribution in [0.25, 0.3) is 0 Å². The molecular weight excluding hydrogens is 295 g/mol. The van der Waals surface area contributed by atoms with Gasteiger partial charge in [0.2, 0.25) is 0 Å². The molecule has 6 heteroatoms. The predicted molar refractivity (Wildman–Crippen MR) is 81.4 cm³/mol. The zero-order valence-electron chi connectivity index (χ0n) is 11.3. The molecular formula is C15H14ClFN2O2. The highest BCUT2D eigenvalue weighted by Crippen LogP contribution is 2.24. The van der Waals surface area contributed by atoms with E-state index in [1.165, 1.54) is 24.3 Å². The van der Waals surface area contributed by atoms with E-state index in [1.807, 2.05) is 6.92 Å². The number of amides is 1. The quantitative estimate of drug-likeness (QED) is 0.846. The Morgan fingerprint density at radius 3 is 2.76 bits per heavy atom. The molecule has 0 saturated carbocycles. The van der Waals surface area contributed by atoms with Gasteiger partial charge in [-0.2, -0.15) is 0 Å². The summed E-state index contributed by atoms with van der Waals surface area (Å²) < 4.78 is 18.9. The van der Waals surface area contributed by atoms with Crippen molar-refractivity contribution >= 4 is 28.9 Å². The molecule has 4 nitrogen and oxygen atoms in total. The summed E-state index contributed by atoms with van der Waals surface area (Å²) in [5.74, 6) is -0.541. The van der Waals surface area contributed by atoms with Crippen LogP contribution in [0.1, 0.15) is 17.3 Å². The Kier molecular flexibility index (Phi) is 4.65. The van der Waals surface area contributed by atoms with Gasteiger partial charge >= 0.3 is 0 Å². The summed E-state index contributed by atoms with van der Waals surface area (Å²) in [6.45, 7) is 2.31. The van der Waals surface area contributed by atoms with Gasteiger partial charge in [0, 0.05) is 10.6 Å². The van der Waals surface area contributed by atoms with E-state index in [1.54, 1.807) is 12.1 Å². The van der Waals surface area contributed by atoms with Crippen LogP contribution in [-0.2, 0) is 0 Å². The molecule has 0 atom stereocenters. The van der Waals surface area contributed by atoms with E-state index in [0.717, 1.165) is 0 Å². The number of nitrogen functional groups attached to an aromatic ring is 1. The lowest BCUT2D eigenvalue weighted by Gasteiger charge is -2.10. The van der Waals surface area contributed by atoms with E-state index < -0.39 is 11.7 Å². The number of rotatable bonds is 4. The van der Waals surface area contributed by atoms with Crippen LogP contribution in [0, 0.1) is 5.82 Å². The largest absolute Gasteiger partial charge is 0.492 e. The van der Waals surface area contributed by atoms with Crippen molar-refractivity contribution in [2.45, 2.75) is 6.92 Å². The van der Waals surface area contributed by atoms with Crippen molar-refractivity contribution in [2.24, 2.45) is 0 Å². The van der Waals surface area contributed by atoms with Gasteiger partial charge in [-0.05, 0) is 43.3 Å². The van der Waals surface area contributed by atoms with Gasteiger partial charge in [0.25, 0.3) is 5.91 Å². The molecule has 0 aromatic heterocycles. The highest BCUT2D eigenvalue weighted by atomic mass is 35.5. The summed E-state index contributed by atoms with van der Waals surface area (Å²) in [7, 11) is 0. The molecule has 0 saturated heterocycles. The molecule has 2 rings (SSSR count). The zero-order chi connectivity index (χ0) is 15.4. The molecule has 0 aliphatic carbocycles. The molecule has 3 N–H and O–H groups in total. The average molecular weight is 309 g/mol. The molecule has 0 radical (unpaired) electrons. The molecule has 0 aliphatic heterocycles. The highest BCUT2D eigenvalue weighted by molar-refractivity contribution is 6.31. The number of ether oxygens (including phenoxy) is 1. The molecule has 0 fully saturated rings. The Morgan fingerprint density at radius 1 is 1.33 bits per heavy atom. The normalized spacial score (nSPS) is 10.2. The van der Waals surface area contributed by atoms with Gasteiger partial charge < -0.3 is 15.8 Å². The Bertz CT molecular complexity index is 677. The maximum atomic E-state index is 13.6. The molecule has 1 amide bonds. The van der Waals surface area contributed by atoms with Crippen LogP contribution in [-0.4, -0.2) is 12.5 Å². The predicted octanol–water partition coefficient (Wildman–Crippen LogP) is 3.71. The summed E-state index contributed by atoms with van der Waals surface area (Å²) in [6, 6.07) is 8.56. The second-order valence-corrected chi connectivity index (χ2v) is 4.70. The Balaban J connectivity index is 2.20. The molecule has 21 heavy (non-hydrogen) atoms. The molecule has 0 bridgehead atoms. The van der Waals surface area contributed by atoms with E-state index in [4.69, 9.17) is 22.1 Å². The number of hydrogen-bond acceptors (Lipinski definition) is 3. The van der Waals surface area contributed by atoms with Gasteiger partial charge in [0.1, 0.15) is 11.6 Å². The number of hydrogen-bond donors (Lipinski definition) is 2. The van der Waals surface area contributed by atoms with Crippen molar-refractivity contribution in [3.05, 3.63) is 52.8 Å². The fourth-order valence-corrected chi connectivity index (χ4v) is 1.94. The van der Waals surface area contributed by atoms with Crippen LogP contribution in [0.5, 0.6) is 5.75 Å². The van der Waals surface area contributed by atoms with Crippen molar-refractivity contribution in [1.82, 2.24) is 0 Å². The first kappa shape index (κ1) is 15.1. The third-order valence-corrected chi connectivity index (χ3v) is 2.98. The maximum Gasteiger partial charge on any atom is 0.255 e. The van der Waals surface area contributed by atoms with Gasteiger partial charge in [0.05, 0.1) is 18.0 Å². The van der Waals surface area contributed by atoms with E-state index in [9.17, 15) is 9.18 Å². The number of anilines is 2. The van der Waals surface area contributed by atoms with Crippen molar-refractivity contribution in [3.63, 3.8) is 0 Å². The second kappa shape index (κ2) is 6.45. The zero-order valence-corrected chi connectivity index (χ0v) is 12.1. The molecule has 0 unspecified atom stereocenters. The third kappa shape index (κ3) is 3.64. The van der Waals surface area contributed by atoms with Crippen molar-refractivity contribution in [3.8, 4) is 5.75 Å². The number of halogens is 2. The monoisotopic (exact) mass is 308 g/mol. The molecule has 0 heterocycles. The van der Waals surface area contributed by atoms with Gasteiger partial charge in [-0.3, -0.25) is 4.79 Å². The lowest BCUT2D eigenvalue weighted by Crippen LogP contribution is -2.13. The average Bonchev–Trinajstić information content (AvgIpc) is 2.45. The molecule has 0 spiro atoms. The molecule has 0 aliphatic rings. The van der Waals surface area contributed by atoms with E-state index >= 15 is 0 Å². The topological polar surface area (TPSA) is 64.3 Å². The maximum absolute atomic E-state index is 13.6. The molecule has 110 valence electrons. The SMILES string of the molecule is CCOc1ccc(C(=O)Nc2cc(Cl)ccc2F)cc1N. The smallest absolute Gasteiger partial charge is 0.255 e. The fraction of sp³-hybridized carbons (Fsp3) is 0.133. The Labute approximate surface area is 126 Å². The first-order valence-corrected chi connectivity index (χ1v) is 6.67. The van der Waals surface area contributed by atoms with Crippen molar-refractivity contribution < 1.29 is 13.9 Å². The number of carbonyl (C=O) groups is 1.